The van der Waals surface area contributed by atoms with Gasteiger partial charge < -0.3 is 10.4 Å². The summed E-state index contributed by atoms with van der Waals surface area (Å²) < 4.78 is 0. The standard InChI is InChI=1S/C14H15N3O3S/c1-7-4-8(2)11(10(5-7)12(18)19)16-13(20)17-14-15-9(3)6-21-14/h4-6H,1-3H3,(H,18,19)(H2,15,16,17,20). The van der Waals surface area contributed by atoms with Crippen LogP contribution in [0.1, 0.15) is 27.2 Å². The minimum absolute atomic E-state index is 0.0676. The van der Waals surface area contributed by atoms with E-state index in [0.29, 0.717) is 16.4 Å². The second kappa shape index (κ2) is 5.92. The molecule has 0 aliphatic carbocycles. The normalized spacial score (nSPS) is 10.2. The number of thiazole rings is 1. The third-order valence-electron chi connectivity index (χ3n) is 2.79. The molecule has 0 fully saturated rings. The van der Waals surface area contributed by atoms with Crippen molar-refractivity contribution in [3.8, 4) is 0 Å². The highest BCUT2D eigenvalue weighted by atomic mass is 32.1. The van der Waals surface area contributed by atoms with Gasteiger partial charge in [-0.1, -0.05) is 6.07 Å². The van der Waals surface area contributed by atoms with E-state index in [1.807, 2.05) is 25.3 Å². The number of carbonyl (C=O) groups is 2. The highest BCUT2D eigenvalue weighted by Gasteiger charge is 2.16. The van der Waals surface area contributed by atoms with Crippen molar-refractivity contribution in [3.63, 3.8) is 0 Å². The average molecular weight is 305 g/mol. The quantitative estimate of drug-likeness (QED) is 0.810. The van der Waals surface area contributed by atoms with Gasteiger partial charge in [0.25, 0.3) is 0 Å². The van der Waals surface area contributed by atoms with Crippen LogP contribution in [0.4, 0.5) is 15.6 Å². The zero-order valence-electron chi connectivity index (χ0n) is 11.9. The van der Waals surface area contributed by atoms with Crippen LogP contribution in [0.15, 0.2) is 17.5 Å². The summed E-state index contributed by atoms with van der Waals surface area (Å²) in [4.78, 5) is 27.4. The number of carbonyl (C=O) groups excluding carboxylic acids is 1. The first-order valence-corrected chi connectivity index (χ1v) is 7.09. The molecule has 0 atom stereocenters. The number of hydrogen-bond acceptors (Lipinski definition) is 4. The Morgan fingerprint density at radius 3 is 2.48 bits per heavy atom. The maximum Gasteiger partial charge on any atom is 0.337 e. The molecule has 0 radical (unpaired) electrons. The van der Waals surface area contributed by atoms with Gasteiger partial charge in [0.2, 0.25) is 0 Å². The van der Waals surface area contributed by atoms with Gasteiger partial charge in [-0.3, -0.25) is 5.32 Å². The second-order valence-corrected chi connectivity index (χ2v) is 5.54. The summed E-state index contributed by atoms with van der Waals surface area (Å²) in [6, 6.07) is 2.83. The molecule has 0 spiro atoms. The van der Waals surface area contributed by atoms with Crippen LogP contribution < -0.4 is 10.6 Å². The number of urea groups is 1. The molecule has 0 saturated carbocycles. The molecule has 2 amide bonds. The smallest absolute Gasteiger partial charge is 0.337 e. The molecule has 1 heterocycles. The van der Waals surface area contributed by atoms with E-state index >= 15 is 0 Å². The van der Waals surface area contributed by atoms with Crippen LogP contribution in [0.3, 0.4) is 0 Å². The molecule has 1 aromatic carbocycles. The van der Waals surface area contributed by atoms with Gasteiger partial charge in [-0.25, -0.2) is 14.6 Å². The minimum Gasteiger partial charge on any atom is -0.478 e. The van der Waals surface area contributed by atoms with E-state index in [9.17, 15) is 14.7 Å². The molecule has 6 nitrogen and oxygen atoms in total. The molecule has 3 N–H and O–H groups in total. The van der Waals surface area contributed by atoms with Crippen molar-refractivity contribution in [3.05, 3.63) is 39.9 Å². The molecule has 0 aliphatic rings. The first-order chi connectivity index (χ1) is 9.86. The third kappa shape index (κ3) is 3.57. The Hall–Kier alpha value is -2.41. The lowest BCUT2D eigenvalue weighted by atomic mass is 10.0. The van der Waals surface area contributed by atoms with E-state index in [1.165, 1.54) is 17.4 Å². The lowest BCUT2D eigenvalue weighted by Gasteiger charge is -2.12. The summed E-state index contributed by atoms with van der Waals surface area (Å²) in [5, 5.41) is 16.7. The van der Waals surface area contributed by atoms with Gasteiger partial charge in [0.1, 0.15) is 0 Å². The summed E-state index contributed by atoms with van der Waals surface area (Å²) in [5.74, 6) is -1.08. The van der Waals surface area contributed by atoms with Gasteiger partial charge in [-0.2, -0.15) is 0 Å². The molecule has 2 rings (SSSR count). The number of benzene rings is 1. The number of carboxylic acid groups (broad SMARTS) is 1. The molecule has 0 saturated heterocycles. The number of amides is 2. The largest absolute Gasteiger partial charge is 0.478 e. The number of aromatic nitrogens is 1. The van der Waals surface area contributed by atoms with Crippen molar-refractivity contribution in [2.24, 2.45) is 0 Å². The molecule has 0 bridgehead atoms. The molecule has 1 aromatic heterocycles. The first-order valence-electron chi connectivity index (χ1n) is 6.21. The van der Waals surface area contributed by atoms with Crippen molar-refractivity contribution in [2.75, 3.05) is 10.6 Å². The Balaban J connectivity index is 2.22. The fourth-order valence-corrected chi connectivity index (χ4v) is 2.64. The van der Waals surface area contributed by atoms with Crippen molar-refractivity contribution in [1.82, 2.24) is 4.98 Å². The maximum absolute atomic E-state index is 12.0. The third-order valence-corrected chi connectivity index (χ3v) is 3.66. The summed E-state index contributed by atoms with van der Waals surface area (Å²) in [5.41, 5.74) is 2.69. The van der Waals surface area contributed by atoms with Crippen LogP contribution in [0, 0.1) is 20.8 Å². The highest BCUT2D eigenvalue weighted by Crippen LogP contribution is 2.23. The molecule has 2 aromatic rings. The monoisotopic (exact) mass is 305 g/mol. The second-order valence-electron chi connectivity index (χ2n) is 4.68. The maximum atomic E-state index is 12.0. The number of aryl methyl sites for hydroxylation is 3. The van der Waals surface area contributed by atoms with Crippen molar-refractivity contribution in [1.29, 1.82) is 0 Å². The van der Waals surface area contributed by atoms with Crippen LogP contribution in [-0.4, -0.2) is 22.1 Å². The summed E-state index contributed by atoms with van der Waals surface area (Å²) in [6.45, 7) is 5.39. The van der Waals surface area contributed by atoms with E-state index in [2.05, 4.69) is 15.6 Å². The van der Waals surface area contributed by atoms with E-state index in [4.69, 9.17) is 0 Å². The van der Waals surface area contributed by atoms with Gasteiger partial charge in [0.15, 0.2) is 5.13 Å². The zero-order chi connectivity index (χ0) is 15.6. The summed E-state index contributed by atoms with van der Waals surface area (Å²) >= 11 is 1.31. The van der Waals surface area contributed by atoms with E-state index in [0.717, 1.165) is 11.3 Å². The average Bonchev–Trinajstić information content (AvgIpc) is 2.77. The van der Waals surface area contributed by atoms with Gasteiger partial charge in [0, 0.05) is 5.38 Å². The number of nitrogens with one attached hydrogen (secondary N) is 2. The van der Waals surface area contributed by atoms with Crippen LogP contribution in [0.5, 0.6) is 0 Å². The number of hydrogen-bond donors (Lipinski definition) is 3. The number of carboxylic acids is 1. The first kappa shape index (κ1) is 15.0. The van der Waals surface area contributed by atoms with Gasteiger partial charge in [-0.15, -0.1) is 11.3 Å². The fourth-order valence-electron chi connectivity index (χ4n) is 1.96. The Morgan fingerprint density at radius 2 is 1.90 bits per heavy atom. The van der Waals surface area contributed by atoms with Crippen LogP contribution in [0.25, 0.3) is 0 Å². The predicted molar refractivity (Wildman–Crippen MR) is 82.4 cm³/mol. The molecular formula is C14H15N3O3S. The lowest BCUT2D eigenvalue weighted by Crippen LogP contribution is -2.21. The zero-order valence-corrected chi connectivity index (χ0v) is 12.7. The topological polar surface area (TPSA) is 91.3 Å². The highest BCUT2D eigenvalue weighted by molar-refractivity contribution is 7.13. The Bertz CT molecular complexity index is 709. The molecule has 21 heavy (non-hydrogen) atoms. The fraction of sp³-hybridized carbons (Fsp3) is 0.214. The van der Waals surface area contributed by atoms with Crippen molar-refractivity contribution in [2.45, 2.75) is 20.8 Å². The summed E-state index contributed by atoms with van der Waals surface area (Å²) in [7, 11) is 0. The van der Waals surface area contributed by atoms with E-state index in [-0.39, 0.29) is 5.56 Å². The van der Waals surface area contributed by atoms with E-state index in [1.54, 1.807) is 6.92 Å². The van der Waals surface area contributed by atoms with Gasteiger partial charge in [-0.05, 0) is 38.0 Å². The van der Waals surface area contributed by atoms with Crippen LogP contribution in [0.2, 0.25) is 0 Å². The van der Waals surface area contributed by atoms with Gasteiger partial charge >= 0.3 is 12.0 Å². The number of nitrogens with zero attached hydrogens (tertiary/aromatic N) is 1. The van der Waals surface area contributed by atoms with Crippen molar-refractivity contribution < 1.29 is 14.7 Å². The Labute approximate surface area is 125 Å². The van der Waals surface area contributed by atoms with Crippen molar-refractivity contribution >= 4 is 34.2 Å². The Kier molecular flexibility index (Phi) is 4.23. The molecule has 110 valence electrons. The molecular weight excluding hydrogens is 290 g/mol. The molecule has 0 aliphatic heterocycles. The lowest BCUT2D eigenvalue weighted by molar-refractivity contribution is 0.0698. The SMILES string of the molecule is Cc1cc(C)c(NC(=O)Nc2nc(C)cs2)c(C(=O)O)c1. The number of anilines is 2. The number of aromatic carboxylic acids is 1. The summed E-state index contributed by atoms with van der Waals surface area (Å²) in [6.07, 6.45) is 0. The van der Waals surface area contributed by atoms with E-state index < -0.39 is 12.0 Å². The minimum atomic E-state index is -1.08. The van der Waals surface area contributed by atoms with Gasteiger partial charge in [0.05, 0.1) is 16.9 Å². The molecule has 7 heteroatoms. The predicted octanol–water partition coefficient (Wildman–Crippen LogP) is 3.41. The number of rotatable bonds is 3. The van der Waals surface area contributed by atoms with Crippen LogP contribution in [-0.2, 0) is 0 Å². The Morgan fingerprint density at radius 1 is 1.19 bits per heavy atom. The van der Waals surface area contributed by atoms with Crippen LogP contribution >= 0.6 is 11.3 Å². The molecule has 0 unspecified atom stereocenters.